The van der Waals surface area contributed by atoms with E-state index in [-0.39, 0.29) is 29.4 Å². The molecule has 3 N–H and O–H groups in total. The average Bonchev–Trinajstić information content (AvgIpc) is 2.37. The molecule has 2 rings (SSSR count). The van der Waals surface area contributed by atoms with E-state index in [4.69, 9.17) is 5.73 Å². The van der Waals surface area contributed by atoms with Crippen molar-refractivity contribution in [3.8, 4) is 0 Å². The second-order valence-corrected chi connectivity index (χ2v) is 4.62. The van der Waals surface area contributed by atoms with Gasteiger partial charge < -0.3 is 5.73 Å². The number of nitrogens with one attached hydrogen (secondary N) is 1. The van der Waals surface area contributed by atoms with E-state index in [0.29, 0.717) is 0 Å². The van der Waals surface area contributed by atoms with Gasteiger partial charge in [0, 0.05) is 6.54 Å². The third-order valence-corrected chi connectivity index (χ3v) is 3.43. The van der Waals surface area contributed by atoms with Gasteiger partial charge >= 0.3 is 0 Å². The maximum Gasteiger partial charge on any atom is 0.266 e. The lowest BCUT2D eigenvalue weighted by atomic mass is 10.1. The number of amides is 1. The number of halogens is 1. The van der Waals surface area contributed by atoms with Gasteiger partial charge in [0.25, 0.3) is 15.9 Å². The molecule has 0 radical (unpaired) electrons. The van der Waals surface area contributed by atoms with Crippen LogP contribution in [0.1, 0.15) is 15.9 Å². The highest BCUT2D eigenvalue weighted by atomic mass is 35.5. The minimum absolute atomic E-state index is 0. The molecule has 0 fully saturated rings. The zero-order valence-corrected chi connectivity index (χ0v) is 9.19. The zero-order chi connectivity index (χ0) is 10.3. The highest BCUT2D eigenvalue weighted by Gasteiger charge is 2.32. The summed E-state index contributed by atoms with van der Waals surface area (Å²) in [4.78, 5) is 11.2. The molecule has 7 heteroatoms. The summed E-state index contributed by atoms with van der Waals surface area (Å²) in [7, 11) is -3.62. The van der Waals surface area contributed by atoms with Gasteiger partial charge in [0.05, 0.1) is 5.56 Å². The van der Waals surface area contributed by atoms with E-state index in [1.807, 2.05) is 4.72 Å². The fourth-order valence-corrected chi connectivity index (χ4v) is 2.50. The molecule has 1 heterocycles. The minimum atomic E-state index is -3.62. The number of benzene rings is 1. The predicted octanol–water partition coefficient (Wildman–Crippen LogP) is -0.000800. The van der Waals surface area contributed by atoms with E-state index < -0.39 is 15.9 Å². The van der Waals surface area contributed by atoms with E-state index in [2.05, 4.69) is 0 Å². The Balaban J connectivity index is 0.00000112. The summed E-state index contributed by atoms with van der Waals surface area (Å²) < 4.78 is 24.5. The lowest BCUT2D eigenvalue weighted by molar-refractivity contribution is 0.0985. The largest absolute Gasteiger partial charge is 0.326 e. The highest BCUT2D eigenvalue weighted by Crippen LogP contribution is 2.22. The quantitative estimate of drug-likeness (QED) is 0.732. The molecule has 1 aromatic carbocycles. The number of rotatable bonds is 1. The molecule has 15 heavy (non-hydrogen) atoms. The summed E-state index contributed by atoms with van der Waals surface area (Å²) in [6.07, 6.45) is 0. The van der Waals surface area contributed by atoms with Crippen LogP contribution >= 0.6 is 12.4 Å². The Labute approximate surface area is 93.1 Å². The Kier molecular flexibility index (Phi) is 3.03. The van der Waals surface area contributed by atoms with Gasteiger partial charge in [-0.25, -0.2) is 13.1 Å². The van der Waals surface area contributed by atoms with Crippen LogP contribution < -0.4 is 10.5 Å². The molecule has 0 saturated carbocycles. The van der Waals surface area contributed by atoms with Crippen LogP contribution in [0.2, 0.25) is 0 Å². The smallest absolute Gasteiger partial charge is 0.266 e. The first-order valence-corrected chi connectivity index (χ1v) is 5.43. The van der Waals surface area contributed by atoms with Crippen LogP contribution in [-0.2, 0) is 16.6 Å². The first kappa shape index (κ1) is 12.0. The van der Waals surface area contributed by atoms with Crippen LogP contribution in [0.3, 0.4) is 0 Å². The molecule has 1 aliphatic heterocycles. The Hall–Kier alpha value is -1.11. The van der Waals surface area contributed by atoms with Crippen molar-refractivity contribution in [2.75, 3.05) is 0 Å². The third kappa shape index (κ3) is 1.83. The van der Waals surface area contributed by atoms with Crippen LogP contribution in [0, 0.1) is 0 Å². The van der Waals surface area contributed by atoms with Gasteiger partial charge in [0.15, 0.2) is 0 Å². The van der Waals surface area contributed by atoms with Gasteiger partial charge in [-0.3, -0.25) is 4.79 Å². The molecule has 0 atom stereocenters. The number of carbonyl (C=O) groups is 1. The fourth-order valence-electron chi connectivity index (χ4n) is 1.35. The van der Waals surface area contributed by atoms with Crippen molar-refractivity contribution in [3.05, 3.63) is 29.3 Å². The second kappa shape index (κ2) is 3.80. The van der Waals surface area contributed by atoms with E-state index in [1.54, 1.807) is 6.07 Å². The Morgan fingerprint density at radius 3 is 2.60 bits per heavy atom. The summed E-state index contributed by atoms with van der Waals surface area (Å²) >= 11 is 0. The molecule has 0 bridgehead atoms. The molecular formula is C8H9ClN2O3S. The second-order valence-electron chi connectivity index (χ2n) is 2.97. The van der Waals surface area contributed by atoms with Crippen LogP contribution in [-0.4, -0.2) is 14.3 Å². The molecule has 1 aromatic rings. The molecule has 5 nitrogen and oxygen atoms in total. The highest BCUT2D eigenvalue weighted by molar-refractivity contribution is 7.90. The van der Waals surface area contributed by atoms with Crippen molar-refractivity contribution in [2.45, 2.75) is 11.4 Å². The first-order valence-electron chi connectivity index (χ1n) is 3.95. The Morgan fingerprint density at radius 2 is 2.00 bits per heavy atom. The Bertz CT molecular complexity index is 513. The maximum absolute atomic E-state index is 11.3. The molecular weight excluding hydrogens is 240 g/mol. The molecule has 0 aromatic heterocycles. The number of carbonyl (C=O) groups excluding carboxylic acids is 1. The topological polar surface area (TPSA) is 89.3 Å². The Morgan fingerprint density at radius 1 is 1.33 bits per heavy atom. The summed E-state index contributed by atoms with van der Waals surface area (Å²) in [6, 6.07) is 4.48. The van der Waals surface area contributed by atoms with Gasteiger partial charge in [-0.15, -0.1) is 12.4 Å². The van der Waals surface area contributed by atoms with Crippen molar-refractivity contribution >= 4 is 28.3 Å². The van der Waals surface area contributed by atoms with Crippen molar-refractivity contribution < 1.29 is 13.2 Å². The lowest BCUT2D eigenvalue weighted by Crippen LogP contribution is -2.20. The zero-order valence-electron chi connectivity index (χ0n) is 7.56. The van der Waals surface area contributed by atoms with Crippen LogP contribution in [0.4, 0.5) is 0 Å². The summed E-state index contributed by atoms with van der Waals surface area (Å²) in [5.41, 5.74) is 6.28. The maximum atomic E-state index is 11.3. The van der Waals surface area contributed by atoms with Gasteiger partial charge in [0.2, 0.25) is 0 Å². The number of hydrogen-bond acceptors (Lipinski definition) is 4. The monoisotopic (exact) mass is 248 g/mol. The van der Waals surface area contributed by atoms with Crippen molar-refractivity contribution in [1.82, 2.24) is 4.72 Å². The number of nitrogens with two attached hydrogens (primary N) is 1. The SMILES string of the molecule is Cl.NCc1ccc2c(c1)C(=O)NS2(=O)=O. The van der Waals surface area contributed by atoms with Gasteiger partial charge in [-0.1, -0.05) is 6.07 Å². The number of sulfonamides is 1. The lowest BCUT2D eigenvalue weighted by Gasteiger charge is -1.98. The van der Waals surface area contributed by atoms with Crippen molar-refractivity contribution in [1.29, 1.82) is 0 Å². The molecule has 0 aliphatic carbocycles. The summed E-state index contributed by atoms with van der Waals surface area (Å²) in [6.45, 7) is 0.278. The number of hydrogen-bond donors (Lipinski definition) is 2. The molecule has 0 saturated heterocycles. The van der Waals surface area contributed by atoms with Crippen molar-refractivity contribution in [3.63, 3.8) is 0 Å². The number of fused-ring (bicyclic) bond motifs is 1. The van der Waals surface area contributed by atoms with Crippen molar-refractivity contribution in [2.24, 2.45) is 5.73 Å². The normalized spacial score (nSPS) is 16.5. The van der Waals surface area contributed by atoms with E-state index in [1.165, 1.54) is 12.1 Å². The van der Waals surface area contributed by atoms with Gasteiger partial charge in [-0.05, 0) is 17.7 Å². The van der Waals surface area contributed by atoms with Crippen LogP contribution in [0.25, 0.3) is 0 Å². The summed E-state index contributed by atoms with van der Waals surface area (Å²) in [5.74, 6) is -0.588. The average molecular weight is 249 g/mol. The standard InChI is InChI=1S/C8H8N2O3S.ClH/c9-4-5-1-2-7-6(3-5)8(11)10-14(7,12)13;/h1-3H,4,9H2,(H,10,11);1H. The third-order valence-electron chi connectivity index (χ3n) is 2.04. The van der Waals surface area contributed by atoms with E-state index in [0.717, 1.165) is 5.56 Å². The van der Waals surface area contributed by atoms with Crippen LogP contribution in [0.15, 0.2) is 23.1 Å². The van der Waals surface area contributed by atoms with Crippen LogP contribution in [0.5, 0.6) is 0 Å². The summed E-state index contributed by atoms with van der Waals surface area (Å²) in [5, 5.41) is 0. The minimum Gasteiger partial charge on any atom is -0.326 e. The fraction of sp³-hybridized carbons (Fsp3) is 0.125. The molecule has 0 unspecified atom stereocenters. The first-order chi connectivity index (χ1) is 6.54. The molecule has 0 spiro atoms. The van der Waals surface area contributed by atoms with E-state index >= 15 is 0 Å². The molecule has 1 aliphatic rings. The van der Waals surface area contributed by atoms with Gasteiger partial charge in [-0.2, -0.15) is 0 Å². The van der Waals surface area contributed by atoms with E-state index in [9.17, 15) is 13.2 Å². The predicted molar refractivity (Wildman–Crippen MR) is 56.2 cm³/mol. The molecule has 1 amide bonds. The van der Waals surface area contributed by atoms with Gasteiger partial charge in [0.1, 0.15) is 4.90 Å². The molecule has 82 valence electrons.